The van der Waals surface area contributed by atoms with Crippen LogP contribution >= 0.6 is 22.6 Å². The van der Waals surface area contributed by atoms with E-state index in [9.17, 15) is 30.7 Å². The van der Waals surface area contributed by atoms with Crippen molar-refractivity contribution in [2.45, 2.75) is 18.1 Å². The van der Waals surface area contributed by atoms with Gasteiger partial charge in [0.15, 0.2) is 11.5 Å². The van der Waals surface area contributed by atoms with Gasteiger partial charge in [0.2, 0.25) is 0 Å². The summed E-state index contributed by atoms with van der Waals surface area (Å²) in [6, 6.07) is -2.98. The molecule has 0 radical (unpaired) electrons. The zero-order chi connectivity index (χ0) is 18.8. The lowest BCUT2D eigenvalue weighted by Gasteiger charge is -2.27. The van der Waals surface area contributed by atoms with E-state index in [1.165, 1.54) is 26.4 Å². The second-order valence-corrected chi connectivity index (χ2v) is 5.42. The fourth-order valence-corrected chi connectivity index (χ4v) is 2.29. The molecule has 0 bridgehead atoms. The highest BCUT2D eigenvalue weighted by Crippen LogP contribution is 2.45. The lowest BCUT2D eigenvalue weighted by atomic mass is 10.2. The number of nitrogens with one attached hydrogen (secondary N) is 1. The Morgan fingerprint density at radius 3 is 2.08 bits per heavy atom. The summed E-state index contributed by atoms with van der Waals surface area (Å²) in [5, 5.41) is 2.76. The average Bonchev–Trinajstić information content (AvgIpc) is 2.45. The molecular formula is C12H10F7IN2O2. The largest absolute Gasteiger partial charge is 0.493 e. The molecule has 1 N–H and O–H groups in total. The zero-order valence-electron chi connectivity index (χ0n) is 12.0. The predicted molar refractivity (Wildman–Crippen MR) is 78.9 cm³/mol. The number of halogens is 8. The molecule has 12 heteroatoms. The number of benzene rings is 1. The van der Waals surface area contributed by atoms with E-state index in [0.29, 0.717) is 21.0 Å². The van der Waals surface area contributed by atoms with Gasteiger partial charge in [-0.2, -0.15) is 35.8 Å². The van der Waals surface area contributed by atoms with E-state index in [-0.39, 0.29) is 11.3 Å². The molecule has 0 aliphatic rings. The van der Waals surface area contributed by atoms with Gasteiger partial charge in [-0.3, -0.25) is 0 Å². The van der Waals surface area contributed by atoms with Crippen LogP contribution in [0.15, 0.2) is 17.2 Å². The fraction of sp³-hybridized carbons (Fsp3) is 0.417. The molecule has 0 spiro atoms. The predicted octanol–water partition coefficient (Wildman–Crippen LogP) is 4.02. The lowest BCUT2D eigenvalue weighted by molar-refractivity contribution is -0.361. The first-order valence-electron chi connectivity index (χ1n) is 5.91. The topological polar surface area (TPSA) is 42.8 Å². The van der Waals surface area contributed by atoms with Gasteiger partial charge in [0.25, 0.3) is 0 Å². The number of nitrogens with zero attached hydrogens (tertiary/aromatic N) is 1. The van der Waals surface area contributed by atoms with Crippen molar-refractivity contribution in [3.05, 3.63) is 21.3 Å². The number of alkyl halides is 7. The van der Waals surface area contributed by atoms with Crippen LogP contribution in [-0.4, -0.2) is 38.6 Å². The molecule has 1 rings (SSSR count). The first-order valence-corrected chi connectivity index (χ1v) is 6.99. The van der Waals surface area contributed by atoms with E-state index in [1.54, 1.807) is 0 Å². The molecule has 1 aromatic carbocycles. The third-order valence-electron chi connectivity index (χ3n) is 2.62. The third kappa shape index (κ3) is 4.13. The molecular weight excluding hydrogens is 464 g/mol. The number of ether oxygens (including phenoxy) is 2. The van der Waals surface area contributed by atoms with Gasteiger partial charge >= 0.3 is 18.1 Å². The molecule has 136 valence electrons. The summed E-state index contributed by atoms with van der Waals surface area (Å²) in [6.07, 6.45) is -5.79. The van der Waals surface area contributed by atoms with Crippen LogP contribution in [0.4, 0.5) is 30.7 Å². The van der Waals surface area contributed by atoms with E-state index >= 15 is 0 Å². The third-order valence-corrected chi connectivity index (χ3v) is 3.43. The van der Waals surface area contributed by atoms with Crippen molar-refractivity contribution in [2.75, 3.05) is 14.2 Å². The van der Waals surface area contributed by atoms with Gasteiger partial charge in [-0.15, -0.1) is 0 Å². The average molecular weight is 474 g/mol. The number of hydrogen-bond donors (Lipinski definition) is 1. The molecule has 24 heavy (non-hydrogen) atoms. The van der Waals surface area contributed by atoms with E-state index < -0.39 is 18.1 Å². The highest BCUT2D eigenvalue weighted by molar-refractivity contribution is 14.1. The second-order valence-electron chi connectivity index (χ2n) is 4.25. The van der Waals surface area contributed by atoms with Crippen LogP contribution in [0.1, 0.15) is 5.56 Å². The van der Waals surface area contributed by atoms with Crippen LogP contribution in [-0.2, 0) is 0 Å². The summed E-state index contributed by atoms with van der Waals surface area (Å²) in [6.45, 7) is 0. The van der Waals surface area contributed by atoms with Gasteiger partial charge in [0.05, 0.1) is 24.0 Å². The van der Waals surface area contributed by atoms with E-state index in [4.69, 9.17) is 9.47 Å². The number of hydrogen-bond acceptors (Lipinski definition) is 4. The van der Waals surface area contributed by atoms with Gasteiger partial charge < -0.3 is 9.47 Å². The highest BCUT2D eigenvalue weighted by Gasteiger charge is 2.73. The maximum absolute atomic E-state index is 13.0. The standard InChI is InChI=1S/C12H10F7IN2O2/c1-23-8-4-6(3-7(20)9(8)24-2)5-21-22-12(18,19)10(13,14)11(15,16)17/h3-5,22H,1-2H3/b21-5+. The summed E-state index contributed by atoms with van der Waals surface area (Å²) in [7, 11) is 2.65. The molecule has 0 fully saturated rings. The monoisotopic (exact) mass is 474 g/mol. The summed E-state index contributed by atoms with van der Waals surface area (Å²) >= 11 is 1.82. The molecule has 0 aliphatic carbocycles. The van der Waals surface area contributed by atoms with Gasteiger partial charge in [-0.25, -0.2) is 5.43 Å². The SMILES string of the molecule is COc1cc(/C=N/NC(F)(F)C(F)(F)C(F)(F)F)cc(I)c1OC. The van der Waals surface area contributed by atoms with Crippen LogP contribution in [0, 0.1) is 3.57 Å². The minimum atomic E-state index is -6.43. The van der Waals surface area contributed by atoms with Crippen molar-refractivity contribution in [3.63, 3.8) is 0 Å². The molecule has 0 aliphatic heterocycles. The van der Waals surface area contributed by atoms with Crippen molar-refractivity contribution >= 4 is 28.8 Å². The lowest BCUT2D eigenvalue weighted by Crippen LogP contribution is -2.58. The maximum atomic E-state index is 13.0. The highest BCUT2D eigenvalue weighted by atomic mass is 127. The van der Waals surface area contributed by atoms with Crippen LogP contribution in [0.25, 0.3) is 0 Å². The Morgan fingerprint density at radius 1 is 1.04 bits per heavy atom. The van der Waals surface area contributed by atoms with Crippen molar-refractivity contribution < 1.29 is 40.2 Å². The fourth-order valence-electron chi connectivity index (χ4n) is 1.45. The van der Waals surface area contributed by atoms with Gasteiger partial charge in [-0.1, -0.05) is 0 Å². The van der Waals surface area contributed by atoms with Crippen molar-refractivity contribution in [2.24, 2.45) is 5.10 Å². The zero-order valence-corrected chi connectivity index (χ0v) is 14.2. The molecule has 0 saturated heterocycles. The quantitative estimate of drug-likeness (QED) is 0.223. The molecule has 0 atom stereocenters. The summed E-state index contributed by atoms with van der Waals surface area (Å²) in [5.74, 6) is -5.76. The van der Waals surface area contributed by atoms with E-state index in [2.05, 4.69) is 5.10 Å². The Morgan fingerprint density at radius 2 is 1.62 bits per heavy atom. The Kier molecular flexibility index (Phi) is 6.16. The molecule has 0 saturated carbocycles. The van der Waals surface area contributed by atoms with Gasteiger partial charge in [0.1, 0.15) is 0 Å². The van der Waals surface area contributed by atoms with Crippen molar-refractivity contribution in [3.8, 4) is 11.5 Å². The first-order chi connectivity index (χ1) is 10.9. The molecule has 0 amide bonds. The Balaban J connectivity index is 3.01. The van der Waals surface area contributed by atoms with E-state index in [0.717, 1.165) is 0 Å². The maximum Gasteiger partial charge on any atom is 0.462 e. The number of hydrazone groups is 1. The summed E-state index contributed by atoms with van der Waals surface area (Å²) < 4.78 is 97.7. The second kappa shape index (κ2) is 7.19. The Labute approximate surface area is 145 Å². The van der Waals surface area contributed by atoms with Crippen LogP contribution < -0.4 is 14.9 Å². The Hall–Kier alpha value is -1.47. The minimum absolute atomic E-state index is 0.107. The Bertz CT molecular complexity index is 620. The molecule has 0 unspecified atom stereocenters. The van der Waals surface area contributed by atoms with Gasteiger partial charge in [0, 0.05) is 0 Å². The normalized spacial score (nSPS) is 13.2. The van der Waals surface area contributed by atoms with Crippen LogP contribution in [0.3, 0.4) is 0 Å². The molecule has 0 aromatic heterocycles. The summed E-state index contributed by atoms with van der Waals surface area (Å²) in [5.41, 5.74) is 0.639. The van der Waals surface area contributed by atoms with Crippen molar-refractivity contribution in [1.82, 2.24) is 5.43 Å². The molecule has 4 nitrogen and oxygen atoms in total. The smallest absolute Gasteiger partial charge is 0.462 e. The molecule has 0 heterocycles. The number of methoxy groups -OCH3 is 2. The van der Waals surface area contributed by atoms with Crippen molar-refractivity contribution in [1.29, 1.82) is 0 Å². The molecule has 1 aromatic rings. The van der Waals surface area contributed by atoms with Crippen LogP contribution in [0.2, 0.25) is 0 Å². The van der Waals surface area contributed by atoms with Crippen LogP contribution in [0.5, 0.6) is 11.5 Å². The minimum Gasteiger partial charge on any atom is -0.493 e. The van der Waals surface area contributed by atoms with Gasteiger partial charge in [-0.05, 0) is 40.3 Å². The van der Waals surface area contributed by atoms with E-state index in [1.807, 2.05) is 22.6 Å². The first kappa shape index (κ1) is 20.6. The summed E-state index contributed by atoms with van der Waals surface area (Å²) in [4.78, 5) is 0. The number of rotatable bonds is 6.